The molecular formula is C10H9Cl2FN2. The first-order chi connectivity index (χ1) is 7.00. The van der Waals surface area contributed by atoms with Gasteiger partial charge in [-0.25, -0.2) is 9.37 Å². The van der Waals surface area contributed by atoms with Gasteiger partial charge in [0.25, 0.3) is 0 Å². The number of hydrogen-bond acceptors (Lipinski definition) is 1. The first-order valence-electron chi connectivity index (χ1n) is 4.46. The Morgan fingerprint density at radius 2 is 2.13 bits per heavy atom. The average molecular weight is 247 g/mol. The second-order valence-electron chi connectivity index (χ2n) is 3.40. The van der Waals surface area contributed by atoms with E-state index in [2.05, 4.69) is 4.98 Å². The number of rotatable bonds is 1. The van der Waals surface area contributed by atoms with Crippen molar-refractivity contribution in [3.05, 3.63) is 28.8 Å². The summed E-state index contributed by atoms with van der Waals surface area (Å²) in [7, 11) is 1.83. The Morgan fingerprint density at radius 1 is 1.47 bits per heavy atom. The van der Waals surface area contributed by atoms with Crippen LogP contribution in [-0.4, -0.2) is 9.55 Å². The number of aryl methyl sites for hydroxylation is 1. The Labute approximate surface area is 96.6 Å². The Kier molecular flexibility index (Phi) is 2.61. The number of fused-ring (bicyclic) bond motifs is 1. The monoisotopic (exact) mass is 246 g/mol. The van der Waals surface area contributed by atoms with Crippen LogP contribution in [0.25, 0.3) is 11.0 Å². The van der Waals surface area contributed by atoms with E-state index in [1.165, 1.54) is 6.07 Å². The van der Waals surface area contributed by atoms with Crippen molar-refractivity contribution >= 4 is 34.2 Å². The van der Waals surface area contributed by atoms with E-state index in [0.717, 1.165) is 5.52 Å². The fourth-order valence-electron chi connectivity index (χ4n) is 1.56. The molecule has 1 aromatic heterocycles. The molecule has 0 aliphatic heterocycles. The maximum absolute atomic E-state index is 13.2. The molecule has 0 bridgehead atoms. The van der Waals surface area contributed by atoms with Crippen molar-refractivity contribution in [2.45, 2.75) is 12.3 Å². The first-order valence-corrected chi connectivity index (χ1v) is 5.27. The quantitative estimate of drug-likeness (QED) is 0.703. The second kappa shape index (κ2) is 3.65. The summed E-state index contributed by atoms with van der Waals surface area (Å²) in [5.74, 6) is 0.240. The molecule has 15 heavy (non-hydrogen) atoms. The Hall–Kier alpha value is -0.800. The van der Waals surface area contributed by atoms with E-state index < -0.39 is 5.82 Å². The van der Waals surface area contributed by atoms with Crippen LogP contribution in [0.4, 0.5) is 4.39 Å². The van der Waals surface area contributed by atoms with Gasteiger partial charge in [-0.15, -0.1) is 11.6 Å². The Bertz CT molecular complexity index is 520. The summed E-state index contributed by atoms with van der Waals surface area (Å²) in [6.07, 6.45) is 0. The zero-order chi connectivity index (χ0) is 11.2. The van der Waals surface area contributed by atoms with Gasteiger partial charge in [0.15, 0.2) is 0 Å². The minimum atomic E-state index is -0.462. The second-order valence-corrected chi connectivity index (χ2v) is 4.46. The SMILES string of the molecule is CC(Cl)c1nc2cc(F)c(Cl)cc2n1C. The van der Waals surface area contributed by atoms with Crippen LogP contribution >= 0.6 is 23.2 Å². The summed E-state index contributed by atoms with van der Waals surface area (Å²) >= 11 is 11.6. The molecule has 1 atom stereocenters. The molecule has 0 radical (unpaired) electrons. The summed E-state index contributed by atoms with van der Waals surface area (Å²) in [5, 5.41) is -0.122. The molecule has 2 rings (SSSR count). The summed E-state index contributed by atoms with van der Waals surface area (Å²) in [6, 6.07) is 2.88. The Balaban J connectivity index is 2.77. The van der Waals surface area contributed by atoms with Gasteiger partial charge < -0.3 is 4.57 Å². The van der Waals surface area contributed by atoms with E-state index in [-0.39, 0.29) is 10.4 Å². The van der Waals surface area contributed by atoms with Gasteiger partial charge in [-0.05, 0) is 13.0 Å². The van der Waals surface area contributed by atoms with Crippen LogP contribution < -0.4 is 0 Å². The third-order valence-electron chi connectivity index (χ3n) is 2.31. The highest BCUT2D eigenvalue weighted by Crippen LogP contribution is 2.26. The van der Waals surface area contributed by atoms with Gasteiger partial charge in [-0.2, -0.15) is 0 Å². The standard InChI is InChI=1S/C10H9Cl2FN2/c1-5(11)10-14-8-4-7(13)6(12)3-9(8)15(10)2/h3-5H,1-2H3. The topological polar surface area (TPSA) is 17.8 Å². The largest absolute Gasteiger partial charge is 0.330 e. The lowest BCUT2D eigenvalue weighted by Crippen LogP contribution is -1.97. The van der Waals surface area contributed by atoms with Crippen LogP contribution in [0, 0.1) is 5.82 Å². The third-order valence-corrected chi connectivity index (χ3v) is 2.80. The van der Waals surface area contributed by atoms with Crippen LogP contribution in [0.1, 0.15) is 18.1 Å². The van der Waals surface area contributed by atoms with Gasteiger partial charge in [0.1, 0.15) is 11.6 Å². The molecule has 0 saturated carbocycles. The minimum absolute atomic E-state index is 0.0966. The number of nitrogens with zero attached hydrogens (tertiary/aromatic N) is 2. The predicted molar refractivity (Wildman–Crippen MR) is 60.0 cm³/mol. The van der Waals surface area contributed by atoms with E-state index in [1.807, 2.05) is 18.5 Å². The zero-order valence-electron chi connectivity index (χ0n) is 8.26. The van der Waals surface area contributed by atoms with Crippen LogP contribution in [0.5, 0.6) is 0 Å². The molecule has 80 valence electrons. The molecule has 0 N–H and O–H groups in total. The molecule has 1 heterocycles. The predicted octanol–water partition coefficient (Wildman–Crippen LogP) is 3.67. The van der Waals surface area contributed by atoms with Gasteiger partial charge in [0, 0.05) is 13.1 Å². The normalized spacial score (nSPS) is 13.4. The number of imidazole rings is 1. The van der Waals surface area contributed by atoms with Gasteiger partial charge in [-0.3, -0.25) is 0 Å². The molecule has 0 amide bonds. The molecule has 1 aromatic carbocycles. The van der Waals surface area contributed by atoms with E-state index >= 15 is 0 Å². The van der Waals surface area contributed by atoms with Crippen molar-refractivity contribution in [3.8, 4) is 0 Å². The number of aromatic nitrogens is 2. The molecule has 2 nitrogen and oxygen atoms in total. The number of hydrogen-bond donors (Lipinski definition) is 0. The number of benzene rings is 1. The number of halogens is 3. The molecule has 0 aliphatic carbocycles. The summed E-state index contributed by atoms with van der Waals surface area (Å²) < 4.78 is 15.0. The lowest BCUT2D eigenvalue weighted by molar-refractivity contribution is 0.630. The van der Waals surface area contributed by atoms with Crippen LogP contribution in [0.15, 0.2) is 12.1 Å². The average Bonchev–Trinajstić information content (AvgIpc) is 2.46. The van der Waals surface area contributed by atoms with Crippen molar-refractivity contribution in [2.24, 2.45) is 7.05 Å². The maximum atomic E-state index is 13.2. The molecule has 5 heteroatoms. The molecule has 0 fully saturated rings. The maximum Gasteiger partial charge on any atom is 0.144 e. The van der Waals surface area contributed by atoms with E-state index in [4.69, 9.17) is 23.2 Å². The first kappa shape index (κ1) is 10.7. The molecule has 1 unspecified atom stereocenters. The van der Waals surface area contributed by atoms with Crippen molar-refractivity contribution < 1.29 is 4.39 Å². The fourth-order valence-corrected chi connectivity index (χ4v) is 1.91. The van der Waals surface area contributed by atoms with Crippen molar-refractivity contribution in [2.75, 3.05) is 0 Å². The lowest BCUT2D eigenvalue weighted by Gasteiger charge is -2.02. The summed E-state index contributed by atoms with van der Waals surface area (Å²) in [6.45, 7) is 1.82. The van der Waals surface area contributed by atoms with Gasteiger partial charge in [0.05, 0.1) is 21.4 Å². The zero-order valence-corrected chi connectivity index (χ0v) is 9.77. The van der Waals surface area contributed by atoms with E-state index in [9.17, 15) is 4.39 Å². The lowest BCUT2D eigenvalue weighted by atomic mass is 10.3. The number of alkyl halides is 1. The smallest absolute Gasteiger partial charge is 0.144 e. The van der Waals surface area contributed by atoms with E-state index in [1.54, 1.807) is 6.07 Å². The summed E-state index contributed by atoms with van der Waals surface area (Å²) in [5.41, 5.74) is 1.35. The van der Waals surface area contributed by atoms with E-state index in [0.29, 0.717) is 11.3 Å². The molecule has 2 aromatic rings. The van der Waals surface area contributed by atoms with Crippen molar-refractivity contribution in [1.29, 1.82) is 0 Å². The van der Waals surface area contributed by atoms with Gasteiger partial charge in [0.2, 0.25) is 0 Å². The highest BCUT2D eigenvalue weighted by atomic mass is 35.5. The Morgan fingerprint density at radius 3 is 2.73 bits per heavy atom. The van der Waals surface area contributed by atoms with Crippen molar-refractivity contribution in [3.63, 3.8) is 0 Å². The van der Waals surface area contributed by atoms with Crippen LogP contribution in [-0.2, 0) is 7.05 Å². The van der Waals surface area contributed by atoms with Gasteiger partial charge >= 0.3 is 0 Å². The molecule has 0 saturated heterocycles. The van der Waals surface area contributed by atoms with Crippen molar-refractivity contribution in [1.82, 2.24) is 9.55 Å². The molecular weight excluding hydrogens is 238 g/mol. The minimum Gasteiger partial charge on any atom is -0.330 e. The van der Waals surface area contributed by atoms with Crippen LogP contribution in [0.2, 0.25) is 5.02 Å². The molecule has 0 spiro atoms. The molecule has 0 aliphatic rings. The summed E-state index contributed by atoms with van der Waals surface area (Å²) in [4.78, 5) is 4.25. The van der Waals surface area contributed by atoms with Crippen LogP contribution in [0.3, 0.4) is 0 Å². The third kappa shape index (κ3) is 1.70. The highest BCUT2D eigenvalue weighted by Gasteiger charge is 2.14. The van der Waals surface area contributed by atoms with Gasteiger partial charge in [-0.1, -0.05) is 11.6 Å². The fraction of sp³-hybridized carbons (Fsp3) is 0.300. The highest BCUT2D eigenvalue weighted by molar-refractivity contribution is 6.31.